The first-order valence-corrected chi connectivity index (χ1v) is 10.9. The van der Waals surface area contributed by atoms with Crippen LogP contribution in [0.4, 0.5) is 14.9 Å². The Labute approximate surface area is 161 Å². The Balaban J connectivity index is 2.22. The van der Waals surface area contributed by atoms with Crippen LogP contribution in [0.3, 0.4) is 0 Å². The molecule has 2 N–H and O–H groups in total. The lowest BCUT2D eigenvalue weighted by molar-refractivity contribution is 0.255. The van der Waals surface area contributed by atoms with E-state index in [1.165, 1.54) is 12.1 Å². The number of urea groups is 1. The standard InChI is InChI=1S/C19H30FN3O3S/c1-12(2)16-10-14(20)11-17(13(3)4)18(16)21-19(24)22-27(25,26)15-6-8-23(5)9-7-15/h10-13,15H,6-9H2,1-5H3,(H2,21,22,24). The second-order valence-electron chi connectivity index (χ2n) is 7.87. The number of carbonyl (C=O) groups excluding carboxylic acids is 1. The lowest BCUT2D eigenvalue weighted by atomic mass is 9.92. The number of piperidine rings is 1. The van der Waals surface area contributed by atoms with Gasteiger partial charge in [0.05, 0.1) is 5.25 Å². The second-order valence-corrected chi connectivity index (χ2v) is 9.83. The number of halogens is 1. The molecule has 0 bridgehead atoms. The van der Waals surface area contributed by atoms with Crippen LogP contribution < -0.4 is 10.0 Å². The van der Waals surface area contributed by atoms with Crippen molar-refractivity contribution in [3.05, 3.63) is 29.1 Å². The molecule has 1 aliphatic heterocycles. The van der Waals surface area contributed by atoms with Crippen LogP contribution in [0.2, 0.25) is 0 Å². The van der Waals surface area contributed by atoms with Gasteiger partial charge in [0.2, 0.25) is 10.0 Å². The van der Waals surface area contributed by atoms with E-state index in [-0.39, 0.29) is 17.7 Å². The number of likely N-dealkylation sites (tertiary alicyclic amines) is 1. The summed E-state index contributed by atoms with van der Waals surface area (Å²) in [5, 5.41) is 2.09. The van der Waals surface area contributed by atoms with Gasteiger partial charge in [0.15, 0.2) is 0 Å². The molecule has 2 amide bonds. The number of hydrogen-bond donors (Lipinski definition) is 2. The van der Waals surface area contributed by atoms with E-state index in [2.05, 4.69) is 14.9 Å². The molecule has 1 aliphatic rings. The maximum atomic E-state index is 14.0. The number of carbonyl (C=O) groups is 1. The van der Waals surface area contributed by atoms with Gasteiger partial charge in [-0.2, -0.15) is 0 Å². The summed E-state index contributed by atoms with van der Waals surface area (Å²) >= 11 is 0. The molecule has 0 aromatic heterocycles. The predicted octanol–water partition coefficient (Wildman–Crippen LogP) is 3.62. The minimum Gasteiger partial charge on any atom is -0.307 e. The van der Waals surface area contributed by atoms with Crippen molar-refractivity contribution in [2.24, 2.45) is 0 Å². The summed E-state index contributed by atoms with van der Waals surface area (Å²) in [6.07, 6.45) is 0.980. The third-order valence-electron chi connectivity index (χ3n) is 4.99. The number of rotatable bonds is 5. The van der Waals surface area contributed by atoms with E-state index in [0.717, 1.165) is 0 Å². The average molecular weight is 400 g/mol. The molecule has 0 unspecified atom stereocenters. The fraction of sp³-hybridized carbons (Fsp3) is 0.632. The monoisotopic (exact) mass is 399 g/mol. The van der Waals surface area contributed by atoms with Crippen molar-refractivity contribution >= 4 is 21.7 Å². The summed E-state index contributed by atoms with van der Waals surface area (Å²) in [5.74, 6) is -0.426. The topological polar surface area (TPSA) is 78.5 Å². The van der Waals surface area contributed by atoms with Crippen LogP contribution >= 0.6 is 0 Å². The SMILES string of the molecule is CC(C)c1cc(F)cc(C(C)C)c1NC(=O)NS(=O)(=O)C1CCN(C)CC1. The first-order valence-electron chi connectivity index (χ1n) is 9.35. The highest BCUT2D eigenvalue weighted by Crippen LogP contribution is 2.33. The van der Waals surface area contributed by atoms with E-state index >= 15 is 0 Å². The van der Waals surface area contributed by atoms with Crippen LogP contribution in [-0.4, -0.2) is 44.7 Å². The van der Waals surface area contributed by atoms with Crippen molar-refractivity contribution in [3.63, 3.8) is 0 Å². The van der Waals surface area contributed by atoms with Crippen LogP contribution in [0.25, 0.3) is 0 Å². The van der Waals surface area contributed by atoms with Gasteiger partial charge >= 0.3 is 6.03 Å². The van der Waals surface area contributed by atoms with Crippen molar-refractivity contribution in [3.8, 4) is 0 Å². The maximum absolute atomic E-state index is 14.0. The van der Waals surface area contributed by atoms with E-state index in [1.54, 1.807) is 0 Å². The number of benzene rings is 1. The summed E-state index contributed by atoms with van der Waals surface area (Å²) in [6.45, 7) is 8.96. The Kier molecular flexibility index (Phi) is 6.86. The van der Waals surface area contributed by atoms with Crippen molar-refractivity contribution in [2.75, 3.05) is 25.5 Å². The summed E-state index contributed by atoms with van der Waals surface area (Å²) in [5.41, 5.74) is 1.77. The molecule has 0 aliphatic carbocycles. The molecule has 27 heavy (non-hydrogen) atoms. The van der Waals surface area contributed by atoms with Gasteiger partial charge in [-0.3, -0.25) is 0 Å². The van der Waals surface area contributed by atoms with Gasteiger partial charge in [-0.1, -0.05) is 27.7 Å². The fourth-order valence-electron chi connectivity index (χ4n) is 3.35. The van der Waals surface area contributed by atoms with E-state index in [0.29, 0.717) is 42.7 Å². The summed E-state index contributed by atoms with van der Waals surface area (Å²) in [6, 6.07) is 1.97. The summed E-state index contributed by atoms with van der Waals surface area (Å²) < 4.78 is 41.2. The van der Waals surface area contributed by atoms with Crippen molar-refractivity contribution in [1.29, 1.82) is 0 Å². The maximum Gasteiger partial charge on any atom is 0.332 e. The molecule has 0 radical (unpaired) electrons. The number of sulfonamides is 1. The Morgan fingerprint density at radius 2 is 1.59 bits per heavy atom. The molecular weight excluding hydrogens is 369 g/mol. The third kappa shape index (κ3) is 5.42. The molecular formula is C19H30FN3O3S. The van der Waals surface area contributed by atoms with E-state index in [1.807, 2.05) is 34.7 Å². The zero-order valence-corrected chi connectivity index (χ0v) is 17.5. The highest BCUT2D eigenvalue weighted by Gasteiger charge is 2.30. The zero-order chi connectivity index (χ0) is 20.4. The molecule has 1 aromatic carbocycles. The first-order chi connectivity index (χ1) is 12.5. The van der Waals surface area contributed by atoms with Crippen LogP contribution in [0.15, 0.2) is 12.1 Å². The minimum atomic E-state index is -3.76. The highest BCUT2D eigenvalue weighted by molar-refractivity contribution is 7.90. The number of nitrogens with one attached hydrogen (secondary N) is 2. The fourth-order valence-corrected chi connectivity index (χ4v) is 4.66. The molecule has 0 atom stereocenters. The van der Waals surface area contributed by atoms with Crippen LogP contribution in [0.5, 0.6) is 0 Å². The van der Waals surface area contributed by atoms with Gasteiger partial charge in [0.25, 0.3) is 0 Å². The molecule has 1 heterocycles. The van der Waals surface area contributed by atoms with Gasteiger partial charge < -0.3 is 10.2 Å². The molecule has 2 rings (SSSR count). The Bertz CT molecular complexity index is 756. The lowest BCUT2D eigenvalue weighted by Gasteiger charge is -2.28. The molecule has 1 fully saturated rings. The first kappa shape index (κ1) is 21.6. The van der Waals surface area contributed by atoms with Crippen LogP contribution in [-0.2, 0) is 10.0 Å². The van der Waals surface area contributed by atoms with Gasteiger partial charge in [-0.25, -0.2) is 22.3 Å². The predicted molar refractivity (Wildman–Crippen MR) is 106 cm³/mol. The van der Waals surface area contributed by atoms with Gasteiger partial charge in [0, 0.05) is 5.69 Å². The van der Waals surface area contributed by atoms with Gasteiger partial charge in [0.1, 0.15) is 5.82 Å². The van der Waals surface area contributed by atoms with Crippen molar-refractivity contribution in [1.82, 2.24) is 9.62 Å². The number of amides is 2. The normalized spacial score (nSPS) is 16.7. The van der Waals surface area contributed by atoms with Crippen molar-refractivity contribution in [2.45, 2.75) is 57.6 Å². The Hall–Kier alpha value is -1.67. The quantitative estimate of drug-likeness (QED) is 0.793. The van der Waals surface area contributed by atoms with Crippen molar-refractivity contribution < 1.29 is 17.6 Å². The van der Waals surface area contributed by atoms with E-state index in [9.17, 15) is 17.6 Å². The van der Waals surface area contributed by atoms with Gasteiger partial charge in [-0.05, 0) is 68.1 Å². The molecule has 0 saturated carbocycles. The molecule has 152 valence electrons. The summed E-state index contributed by atoms with van der Waals surface area (Å²) in [4.78, 5) is 14.5. The number of nitrogens with zero attached hydrogens (tertiary/aromatic N) is 1. The van der Waals surface area contributed by atoms with Crippen LogP contribution in [0.1, 0.15) is 63.5 Å². The van der Waals surface area contributed by atoms with E-state index < -0.39 is 21.3 Å². The number of anilines is 1. The summed E-state index contributed by atoms with van der Waals surface area (Å²) in [7, 11) is -1.82. The average Bonchev–Trinajstić information content (AvgIpc) is 2.55. The number of hydrogen-bond acceptors (Lipinski definition) is 4. The third-order valence-corrected chi connectivity index (χ3v) is 6.81. The smallest absolute Gasteiger partial charge is 0.307 e. The lowest BCUT2D eigenvalue weighted by Crippen LogP contribution is -2.45. The van der Waals surface area contributed by atoms with E-state index in [4.69, 9.17) is 0 Å². The Morgan fingerprint density at radius 3 is 2.04 bits per heavy atom. The molecule has 1 aromatic rings. The second kappa shape index (κ2) is 8.56. The molecule has 6 nitrogen and oxygen atoms in total. The highest BCUT2D eigenvalue weighted by atomic mass is 32.2. The largest absolute Gasteiger partial charge is 0.332 e. The molecule has 0 spiro atoms. The zero-order valence-electron chi connectivity index (χ0n) is 16.7. The molecule has 8 heteroatoms. The van der Waals surface area contributed by atoms with Crippen LogP contribution in [0, 0.1) is 5.82 Å². The minimum absolute atomic E-state index is 0.0287. The molecule has 1 saturated heterocycles. The Morgan fingerprint density at radius 1 is 1.11 bits per heavy atom. The van der Waals surface area contributed by atoms with Gasteiger partial charge in [-0.15, -0.1) is 0 Å².